The molecule has 3 aromatic carbocycles. The van der Waals surface area contributed by atoms with Gasteiger partial charge < -0.3 is 5.73 Å². The number of anilines is 1. The number of benzene rings is 3. The molecular formula is C21H16FNO. The summed E-state index contributed by atoms with van der Waals surface area (Å²) in [4.78, 5) is 12.6. The van der Waals surface area contributed by atoms with Gasteiger partial charge in [0.2, 0.25) is 0 Å². The zero-order valence-electron chi connectivity index (χ0n) is 12.9. The van der Waals surface area contributed by atoms with Crippen LogP contribution in [0.5, 0.6) is 0 Å². The number of hydrogen-bond donors (Lipinski definition) is 1. The average molecular weight is 317 g/mol. The Hall–Kier alpha value is -3.20. The van der Waals surface area contributed by atoms with E-state index in [9.17, 15) is 9.18 Å². The summed E-state index contributed by atoms with van der Waals surface area (Å²) < 4.78 is 13.5. The van der Waals surface area contributed by atoms with Gasteiger partial charge in [0.05, 0.1) is 0 Å². The lowest BCUT2D eigenvalue weighted by Gasteiger charge is -2.07. The summed E-state index contributed by atoms with van der Waals surface area (Å²) in [7, 11) is 0. The van der Waals surface area contributed by atoms with Gasteiger partial charge in [-0.2, -0.15) is 0 Å². The zero-order chi connectivity index (χ0) is 16.9. The zero-order valence-corrected chi connectivity index (χ0v) is 12.9. The maximum absolute atomic E-state index is 13.5. The van der Waals surface area contributed by atoms with Gasteiger partial charge >= 0.3 is 0 Å². The quantitative estimate of drug-likeness (QED) is 0.419. The second-order valence-electron chi connectivity index (χ2n) is 5.42. The molecule has 0 amide bonds. The van der Waals surface area contributed by atoms with Gasteiger partial charge in [-0.25, -0.2) is 4.39 Å². The van der Waals surface area contributed by atoms with Crippen molar-refractivity contribution in [3.63, 3.8) is 0 Å². The second kappa shape index (κ2) is 6.92. The van der Waals surface area contributed by atoms with Crippen LogP contribution in [0.2, 0.25) is 0 Å². The molecule has 0 aliphatic heterocycles. The van der Waals surface area contributed by atoms with Gasteiger partial charge in [-0.1, -0.05) is 54.6 Å². The summed E-state index contributed by atoms with van der Waals surface area (Å²) in [5.41, 5.74) is 9.15. The first-order valence-electron chi connectivity index (χ1n) is 7.56. The van der Waals surface area contributed by atoms with Gasteiger partial charge in [0.15, 0.2) is 5.78 Å². The van der Waals surface area contributed by atoms with Crippen molar-refractivity contribution in [2.45, 2.75) is 0 Å². The minimum Gasteiger partial charge on any atom is -0.399 e. The van der Waals surface area contributed by atoms with E-state index in [-0.39, 0.29) is 11.6 Å². The third-order valence-electron chi connectivity index (χ3n) is 3.67. The van der Waals surface area contributed by atoms with Crippen LogP contribution in [0, 0.1) is 5.82 Å². The average Bonchev–Trinajstić information content (AvgIpc) is 2.60. The van der Waals surface area contributed by atoms with Gasteiger partial charge in [0, 0.05) is 11.3 Å². The van der Waals surface area contributed by atoms with Crippen LogP contribution in [0.4, 0.5) is 10.1 Å². The fourth-order valence-corrected chi connectivity index (χ4v) is 2.53. The SMILES string of the molecule is Nc1cccc(/C=C/C(=O)c2ccccc2-c2cccc(F)c2)c1. The van der Waals surface area contributed by atoms with E-state index >= 15 is 0 Å². The number of nitrogen functional groups attached to an aromatic ring is 1. The van der Waals surface area contributed by atoms with Gasteiger partial charge in [0.1, 0.15) is 5.82 Å². The molecule has 3 heteroatoms. The molecule has 0 aliphatic rings. The highest BCUT2D eigenvalue weighted by Crippen LogP contribution is 2.25. The molecule has 0 atom stereocenters. The van der Waals surface area contributed by atoms with E-state index in [1.165, 1.54) is 18.2 Å². The van der Waals surface area contributed by atoms with Crippen molar-refractivity contribution in [1.29, 1.82) is 0 Å². The van der Waals surface area contributed by atoms with Crippen molar-refractivity contribution in [3.05, 3.63) is 95.8 Å². The summed E-state index contributed by atoms with van der Waals surface area (Å²) in [6, 6.07) is 20.7. The van der Waals surface area contributed by atoms with Gasteiger partial charge in [-0.3, -0.25) is 4.79 Å². The van der Waals surface area contributed by atoms with Crippen molar-refractivity contribution in [2.75, 3.05) is 5.73 Å². The molecule has 3 rings (SSSR count). The van der Waals surface area contributed by atoms with Crippen molar-refractivity contribution < 1.29 is 9.18 Å². The van der Waals surface area contributed by atoms with E-state index in [0.29, 0.717) is 22.4 Å². The summed E-state index contributed by atoms with van der Waals surface area (Å²) in [5.74, 6) is -0.470. The van der Waals surface area contributed by atoms with E-state index in [1.54, 1.807) is 42.5 Å². The first-order chi connectivity index (χ1) is 11.6. The number of carbonyl (C=O) groups excluding carboxylic acids is 1. The van der Waals surface area contributed by atoms with Crippen LogP contribution < -0.4 is 5.73 Å². The summed E-state index contributed by atoms with van der Waals surface area (Å²) in [5, 5.41) is 0. The lowest BCUT2D eigenvalue weighted by molar-refractivity contribution is 0.104. The first kappa shape index (κ1) is 15.7. The molecule has 0 saturated heterocycles. The molecule has 24 heavy (non-hydrogen) atoms. The number of nitrogens with two attached hydrogens (primary N) is 1. The normalized spacial score (nSPS) is 10.9. The molecule has 0 fully saturated rings. The van der Waals surface area contributed by atoms with E-state index in [0.717, 1.165) is 5.56 Å². The number of carbonyl (C=O) groups is 1. The summed E-state index contributed by atoms with van der Waals surface area (Å²) in [6.07, 6.45) is 3.23. The van der Waals surface area contributed by atoms with Crippen LogP contribution in [0.25, 0.3) is 17.2 Å². The molecular weight excluding hydrogens is 301 g/mol. The highest BCUT2D eigenvalue weighted by atomic mass is 19.1. The monoisotopic (exact) mass is 317 g/mol. The number of ketones is 1. The van der Waals surface area contributed by atoms with E-state index in [1.807, 2.05) is 24.3 Å². The maximum Gasteiger partial charge on any atom is 0.186 e. The predicted octanol–water partition coefficient (Wildman–Crippen LogP) is 4.97. The number of halogens is 1. The van der Waals surface area contributed by atoms with E-state index in [2.05, 4.69) is 0 Å². The van der Waals surface area contributed by atoms with Crippen LogP contribution in [-0.2, 0) is 0 Å². The fraction of sp³-hybridized carbons (Fsp3) is 0. The van der Waals surface area contributed by atoms with Crippen LogP contribution in [0.1, 0.15) is 15.9 Å². The van der Waals surface area contributed by atoms with Gasteiger partial charge in [0.25, 0.3) is 0 Å². The Morgan fingerprint density at radius 2 is 1.71 bits per heavy atom. The number of rotatable bonds is 4. The Morgan fingerprint density at radius 3 is 2.50 bits per heavy atom. The molecule has 0 heterocycles. The van der Waals surface area contributed by atoms with E-state index < -0.39 is 0 Å². The molecule has 0 aliphatic carbocycles. The van der Waals surface area contributed by atoms with Crippen LogP contribution in [0.3, 0.4) is 0 Å². The van der Waals surface area contributed by atoms with Crippen molar-refractivity contribution >= 4 is 17.5 Å². The highest BCUT2D eigenvalue weighted by molar-refractivity contribution is 6.10. The third-order valence-corrected chi connectivity index (χ3v) is 3.67. The van der Waals surface area contributed by atoms with Crippen molar-refractivity contribution in [3.8, 4) is 11.1 Å². The molecule has 0 radical (unpaired) electrons. The molecule has 0 saturated carbocycles. The molecule has 2 nitrogen and oxygen atoms in total. The second-order valence-corrected chi connectivity index (χ2v) is 5.42. The summed E-state index contributed by atoms with van der Waals surface area (Å²) >= 11 is 0. The summed E-state index contributed by atoms with van der Waals surface area (Å²) in [6.45, 7) is 0. The topological polar surface area (TPSA) is 43.1 Å². The molecule has 0 bridgehead atoms. The largest absolute Gasteiger partial charge is 0.399 e. The number of hydrogen-bond acceptors (Lipinski definition) is 2. The van der Waals surface area contributed by atoms with E-state index in [4.69, 9.17) is 5.73 Å². The predicted molar refractivity (Wildman–Crippen MR) is 96.1 cm³/mol. The number of allylic oxidation sites excluding steroid dienone is 1. The maximum atomic E-state index is 13.5. The van der Waals surface area contributed by atoms with Crippen molar-refractivity contribution in [2.24, 2.45) is 0 Å². The minimum atomic E-state index is -0.329. The standard InChI is InChI=1S/C21H16FNO/c22-17-7-4-6-16(14-17)19-9-1-2-10-20(19)21(24)12-11-15-5-3-8-18(23)13-15/h1-14H,23H2/b12-11+. The lowest BCUT2D eigenvalue weighted by Crippen LogP contribution is -1.98. The molecule has 118 valence electrons. The lowest BCUT2D eigenvalue weighted by atomic mass is 9.96. The van der Waals surface area contributed by atoms with Crippen LogP contribution in [-0.4, -0.2) is 5.78 Å². The molecule has 0 aromatic heterocycles. The smallest absolute Gasteiger partial charge is 0.186 e. The Kier molecular flexibility index (Phi) is 4.52. The Labute approximate surface area is 140 Å². The molecule has 3 aromatic rings. The molecule has 0 spiro atoms. The third kappa shape index (κ3) is 3.58. The fourth-order valence-electron chi connectivity index (χ4n) is 2.53. The minimum absolute atomic E-state index is 0.141. The Morgan fingerprint density at radius 1 is 0.917 bits per heavy atom. The molecule has 2 N–H and O–H groups in total. The first-order valence-corrected chi connectivity index (χ1v) is 7.56. The molecule has 0 unspecified atom stereocenters. The van der Waals surface area contributed by atoms with Gasteiger partial charge in [-0.15, -0.1) is 0 Å². The Balaban J connectivity index is 1.93. The van der Waals surface area contributed by atoms with Crippen LogP contribution >= 0.6 is 0 Å². The van der Waals surface area contributed by atoms with Crippen LogP contribution in [0.15, 0.2) is 78.9 Å². The van der Waals surface area contributed by atoms with Gasteiger partial charge in [-0.05, 0) is 47.0 Å². The van der Waals surface area contributed by atoms with Crippen molar-refractivity contribution in [1.82, 2.24) is 0 Å². The highest BCUT2D eigenvalue weighted by Gasteiger charge is 2.10. The Bertz CT molecular complexity index is 915.